The summed E-state index contributed by atoms with van der Waals surface area (Å²) in [4.78, 5) is 0. The summed E-state index contributed by atoms with van der Waals surface area (Å²) in [7, 11) is 0. The first kappa shape index (κ1) is 10.6. The quantitative estimate of drug-likeness (QED) is 0.799. The molecule has 0 aliphatic heterocycles. The Kier molecular flexibility index (Phi) is 2.74. The van der Waals surface area contributed by atoms with Crippen LogP contribution in [0.2, 0.25) is 0 Å². The normalized spacial score (nSPS) is 19.4. The van der Waals surface area contributed by atoms with Gasteiger partial charge in [-0.25, -0.2) is 8.78 Å². The van der Waals surface area contributed by atoms with Crippen LogP contribution in [-0.2, 0) is 6.42 Å². The van der Waals surface area contributed by atoms with Crippen molar-refractivity contribution in [3.63, 3.8) is 0 Å². The third-order valence-electron chi connectivity index (χ3n) is 3.14. The zero-order chi connectivity index (χ0) is 10.9. The molecule has 0 spiro atoms. The second-order valence-corrected chi connectivity index (χ2v) is 4.49. The van der Waals surface area contributed by atoms with Crippen LogP contribution in [0.1, 0.15) is 31.2 Å². The van der Waals surface area contributed by atoms with Crippen molar-refractivity contribution in [1.29, 1.82) is 0 Å². The van der Waals surface area contributed by atoms with Crippen molar-refractivity contribution in [3.05, 3.63) is 35.4 Å². The van der Waals surface area contributed by atoms with Gasteiger partial charge < -0.3 is 5.73 Å². The second-order valence-electron chi connectivity index (χ2n) is 4.49. The summed E-state index contributed by atoms with van der Waals surface area (Å²) in [5.41, 5.74) is 6.75. The van der Waals surface area contributed by atoms with Crippen LogP contribution in [0.5, 0.6) is 0 Å². The van der Waals surface area contributed by atoms with E-state index in [1.165, 1.54) is 12.1 Å². The minimum Gasteiger partial charge on any atom is -0.325 e. The summed E-state index contributed by atoms with van der Waals surface area (Å²) in [6.07, 6.45) is 4.88. The average Bonchev–Trinajstić information content (AvgIpc) is 2.59. The molecule has 1 aliphatic rings. The second kappa shape index (κ2) is 3.89. The fourth-order valence-electron chi connectivity index (χ4n) is 2.31. The molecule has 0 amide bonds. The molecular weight excluding hydrogens is 196 g/mol. The van der Waals surface area contributed by atoms with Crippen LogP contribution in [0.3, 0.4) is 0 Å². The molecule has 0 unspecified atom stereocenters. The van der Waals surface area contributed by atoms with Crippen molar-refractivity contribution < 1.29 is 8.78 Å². The minimum absolute atomic E-state index is 0.204. The number of hydrogen-bond donors (Lipinski definition) is 1. The Balaban J connectivity index is 2.13. The Morgan fingerprint density at radius 1 is 1.13 bits per heavy atom. The van der Waals surface area contributed by atoms with Gasteiger partial charge in [0.25, 0.3) is 0 Å². The van der Waals surface area contributed by atoms with Crippen LogP contribution in [0.15, 0.2) is 18.2 Å². The number of hydrogen-bond acceptors (Lipinski definition) is 1. The highest BCUT2D eigenvalue weighted by molar-refractivity contribution is 5.20. The Morgan fingerprint density at radius 2 is 1.80 bits per heavy atom. The van der Waals surface area contributed by atoms with Crippen LogP contribution in [0.25, 0.3) is 0 Å². The third-order valence-corrected chi connectivity index (χ3v) is 3.14. The Bertz CT molecular complexity index is 357. The van der Waals surface area contributed by atoms with Crippen molar-refractivity contribution in [2.45, 2.75) is 37.6 Å². The molecular formula is C12H15F2N. The largest absolute Gasteiger partial charge is 0.325 e. The third kappa shape index (κ3) is 2.34. The molecule has 1 fully saturated rings. The van der Waals surface area contributed by atoms with Crippen LogP contribution in [-0.4, -0.2) is 5.54 Å². The molecule has 0 aromatic heterocycles. The smallest absolute Gasteiger partial charge is 0.159 e. The maximum Gasteiger partial charge on any atom is 0.159 e. The van der Waals surface area contributed by atoms with Gasteiger partial charge in [0.05, 0.1) is 0 Å². The van der Waals surface area contributed by atoms with Crippen molar-refractivity contribution in [3.8, 4) is 0 Å². The molecule has 1 saturated carbocycles. The molecule has 2 N–H and O–H groups in total. The molecule has 82 valence electrons. The van der Waals surface area contributed by atoms with Crippen LogP contribution >= 0.6 is 0 Å². The lowest BCUT2D eigenvalue weighted by atomic mass is 9.90. The summed E-state index contributed by atoms with van der Waals surface area (Å²) in [5, 5.41) is 0. The number of benzene rings is 1. The summed E-state index contributed by atoms with van der Waals surface area (Å²) >= 11 is 0. The highest BCUT2D eigenvalue weighted by Crippen LogP contribution is 2.30. The molecule has 1 nitrogen and oxygen atoms in total. The predicted octanol–water partition coefficient (Wildman–Crippen LogP) is 2.78. The van der Waals surface area contributed by atoms with Gasteiger partial charge in [-0.2, -0.15) is 0 Å². The van der Waals surface area contributed by atoms with E-state index in [-0.39, 0.29) is 5.54 Å². The highest BCUT2D eigenvalue weighted by Gasteiger charge is 2.29. The van der Waals surface area contributed by atoms with E-state index in [1.807, 2.05) is 0 Å². The van der Waals surface area contributed by atoms with Gasteiger partial charge in [0, 0.05) is 5.54 Å². The molecule has 0 radical (unpaired) electrons. The van der Waals surface area contributed by atoms with Gasteiger partial charge in [0.1, 0.15) is 0 Å². The Hall–Kier alpha value is -0.960. The maximum atomic E-state index is 13.0. The van der Waals surface area contributed by atoms with Crippen molar-refractivity contribution in [2.24, 2.45) is 5.73 Å². The number of nitrogens with two attached hydrogens (primary N) is 1. The van der Waals surface area contributed by atoms with Crippen LogP contribution < -0.4 is 5.73 Å². The monoisotopic (exact) mass is 211 g/mol. The Labute approximate surface area is 88.3 Å². The van der Waals surface area contributed by atoms with Gasteiger partial charge in [-0.05, 0) is 37.0 Å². The summed E-state index contributed by atoms with van der Waals surface area (Å²) in [6, 6.07) is 4.04. The van der Waals surface area contributed by atoms with Crippen molar-refractivity contribution >= 4 is 0 Å². The van der Waals surface area contributed by atoms with Gasteiger partial charge in [0.2, 0.25) is 0 Å². The van der Waals surface area contributed by atoms with Gasteiger partial charge in [0.15, 0.2) is 11.6 Å². The lowest BCUT2D eigenvalue weighted by Gasteiger charge is -2.23. The maximum absolute atomic E-state index is 13.0. The van der Waals surface area contributed by atoms with E-state index in [4.69, 9.17) is 5.73 Å². The van der Waals surface area contributed by atoms with Crippen molar-refractivity contribution in [2.75, 3.05) is 0 Å². The van der Waals surface area contributed by atoms with Crippen molar-refractivity contribution in [1.82, 2.24) is 0 Å². The lowest BCUT2D eigenvalue weighted by molar-refractivity contribution is 0.433. The molecule has 3 heteroatoms. The first-order chi connectivity index (χ1) is 7.09. The number of rotatable bonds is 2. The first-order valence-corrected chi connectivity index (χ1v) is 5.32. The lowest BCUT2D eigenvalue weighted by Crippen LogP contribution is -2.38. The molecule has 15 heavy (non-hydrogen) atoms. The molecule has 0 saturated heterocycles. The van der Waals surface area contributed by atoms with Gasteiger partial charge in [-0.3, -0.25) is 0 Å². The van der Waals surface area contributed by atoms with E-state index in [0.717, 1.165) is 31.2 Å². The number of halogens is 2. The van der Waals surface area contributed by atoms with Crippen LogP contribution in [0, 0.1) is 11.6 Å². The van der Waals surface area contributed by atoms with Crippen LogP contribution in [0.4, 0.5) is 8.78 Å². The Morgan fingerprint density at radius 3 is 2.40 bits per heavy atom. The van der Waals surface area contributed by atoms with E-state index >= 15 is 0 Å². The zero-order valence-corrected chi connectivity index (χ0v) is 8.60. The molecule has 1 aromatic rings. The topological polar surface area (TPSA) is 26.0 Å². The van der Waals surface area contributed by atoms with E-state index < -0.39 is 11.6 Å². The fourth-order valence-corrected chi connectivity index (χ4v) is 2.31. The van der Waals surface area contributed by atoms with E-state index in [9.17, 15) is 8.78 Å². The first-order valence-electron chi connectivity index (χ1n) is 5.32. The molecule has 2 rings (SSSR count). The fraction of sp³-hybridized carbons (Fsp3) is 0.500. The van der Waals surface area contributed by atoms with Gasteiger partial charge >= 0.3 is 0 Å². The minimum atomic E-state index is -0.795. The predicted molar refractivity (Wildman–Crippen MR) is 55.4 cm³/mol. The average molecular weight is 211 g/mol. The molecule has 0 bridgehead atoms. The van der Waals surface area contributed by atoms with Gasteiger partial charge in [-0.1, -0.05) is 18.9 Å². The van der Waals surface area contributed by atoms with E-state index in [1.54, 1.807) is 6.07 Å². The standard InChI is InChI=1S/C12H15F2N/c13-10-4-3-9(7-11(10)14)8-12(15)5-1-2-6-12/h3-4,7H,1-2,5-6,8,15H2. The summed E-state index contributed by atoms with van der Waals surface area (Å²) in [5.74, 6) is -1.58. The summed E-state index contributed by atoms with van der Waals surface area (Å²) < 4.78 is 25.7. The molecule has 1 aromatic carbocycles. The van der Waals surface area contributed by atoms with E-state index in [0.29, 0.717) is 6.42 Å². The summed E-state index contributed by atoms with van der Waals surface area (Å²) in [6.45, 7) is 0. The SMILES string of the molecule is NC1(Cc2ccc(F)c(F)c2)CCCC1. The molecule has 0 atom stereocenters. The van der Waals surface area contributed by atoms with Gasteiger partial charge in [-0.15, -0.1) is 0 Å². The molecule has 0 heterocycles. The zero-order valence-electron chi connectivity index (χ0n) is 8.60. The van der Waals surface area contributed by atoms with E-state index in [2.05, 4.69) is 0 Å². The highest BCUT2D eigenvalue weighted by atomic mass is 19.2. The molecule has 1 aliphatic carbocycles.